The fraction of sp³-hybridized carbons (Fsp3) is 0.500. The van der Waals surface area contributed by atoms with Gasteiger partial charge in [-0.1, -0.05) is 67.4 Å². The zero-order valence-corrected chi connectivity index (χ0v) is 17.4. The predicted octanol–water partition coefficient (Wildman–Crippen LogP) is 5.29. The molecule has 1 aliphatic carbocycles. The lowest BCUT2D eigenvalue weighted by atomic mass is 9.84. The maximum absolute atomic E-state index is 12.5. The number of Topliss-reactive ketones (excluding diaryl/α,β-unsaturated/α-hetero) is 1. The lowest BCUT2D eigenvalue weighted by Crippen LogP contribution is -2.42. The van der Waals surface area contributed by atoms with Crippen LogP contribution in [-0.2, 0) is 5.60 Å². The second-order valence-electron chi connectivity index (χ2n) is 8.87. The van der Waals surface area contributed by atoms with E-state index >= 15 is 0 Å². The molecule has 1 saturated carbocycles. The van der Waals surface area contributed by atoms with E-state index in [2.05, 4.69) is 17.0 Å². The van der Waals surface area contributed by atoms with Crippen LogP contribution < -0.4 is 0 Å². The SMILES string of the molecule is O=C(CCCN1CCC(O)(c2ccccc2)CC1)c1ccc(C2CCCC2)cc1. The first-order chi connectivity index (χ1) is 14.1. The number of benzene rings is 2. The van der Waals surface area contributed by atoms with Crippen molar-refractivity contribution in [1.82, 2.24) is 4.90 Å². The van der Waals surface area contributed by atoms with E-state index in [1.165, 1.54) is 31.2 Å². The number of piperidine rings is 1. The van der Waals surface area contributed by atoms with Gasteiger partial charge >= 0.3 is 0 Å². The number of nitrogens with zero attached hydrogens (tertiary/aromatic N) is 1. The molecule has 0 aromatic heterocycles. The van der Waals surface area contributed by atoms with Crippen LogP contribution in [-0.4, -0.2) is 35.4 Å². The molecule has 0 unspecified atom stereocenters. The third kappa shape index (κ3) is 4.96. The average Bonchev–Trinajstić information content (AvgIpc) is 3.31. The maximum Gasteiger partial charge on any atom is 0.162 e. The highest BCUT2D eigenvalue weighted by atomic mass is 16.3. The number of aliphatic hydroxyl groups is 1. The number of hydrogen-bond acceptors (Lipinski definition) is 3. The Labute approximate surface area is 174 Å². The Morgan fingerprint density at radius 1 is 0.966 bits per heavy atom. The average molecular weight is 392 g/mol. The summed E-state index contributed by atoms with van der Waals surface area (Å²) in [5, 5.41) is 10.9. The molecule has 0 spiro atoms. The molecule has 154 valence electrons. The van der Waals surface area contributed by atoms with Crippen LogP contribution in [0.4, 0.5) is 0 Å². The molecule has 4 rings (SSSR count). The zero-order chi connectivity index (χ0) is 20.1. The Hall–Kier alpha value is -1.97. The summed E-state index contributed by atoms with van der Waals surface area (Å²) in [6, 6.07) is 18.4. The lowest BCUT2D eigenvalue weighted by Gasteiger charge is -2.38. The van der Waals surface area contributed by atoms with E-state index in [1.54, 1.807) is 0 Å². The minimum Gasteiger partial charge on any atom is -0.385 e. The first kappa shape index (κ1) is 20.3. The Kier molecular flexibility index (Phi) is 6.46. The number of ketones is 1. The second kappa shape index (κ2) is 9.23. The topological polar surface area (TPSA) is 40.5 Å². The molecule has 0 bridgehead atoms. The molecule has 1 N–H and O–H groups in total. The van der Waals surface area contributed by atoms with E-state index < -0.39 is 5.60 Å². The van der Waals surface area contributed by atoms with Gasteiger partial charge in [-0.05, 0) is 55.7 Å². The second-order valence-corrected chi connectivity index (χ2v) is 8.87. The quantitative estimate of drug-likeness (QED) is 0.652. The van der Waals surface area contributed by atoms with E-state index in [0.29, 0.717) is 12.3 Å². The van der Waals surface area contributed by atoms with Crippen molar-refractivity contribution in [2.24, 2.45) is 0 Å². The lowest BCUT2D eigenvalue weighted by molar-refractivity contribution is -0.0260. The van der Waals surface area contributed by atoms with Crippen molar-refractivity contribution >= 4 is 5.78 Å². The summed E-state index contributed by atoms with van der Waals surface area (Å²) in [5.41, 5.74) is 2.58. The molecule has 3 nitrogen and oxygen atoms in total. The Bertz CT molecular complexity index is 785. The van der Waals surface area contributed by atoms with Gasteiger partial charge in [-0.3, -0.25) is 4.79 Å². The summed E-state index contributed by atoms with van der Waals surface area (Å²) in [5.74, 6) is 0.952. The van der Waals surface area contributed by atoms with E-state index in [0.717, 1.165) is 50.0 Å². The van der Waals surface area contributed by atoms with Crippen LogP contribution in [0.25, 0.3) is 0 Å². The third-order valence-electron chi connectivity index (χ3n) is 6.93. The smallest absolute Gasteiger partial charge is 0.162 e. The van der Waals surface area contributed by atoms with E-state index in [9.17, 15) is 9.90 Å². The van der Waals surface area contributed by atoms with Crippen molar-refractivity contribution in [3.63, 3.8) is 0 Å². The molecule has 3 heteroatoms. The summed E-state index contributed by atoms with van der Waals surface area (Å²) >= 11 is 0. The van der Waals surface area contributed by atoms with Crippen molar-refractivity contribution in [3.8, 4) is 0 Å². The van der Waals surface area contributed by atoms with Crippen LogP contribution in [0.15, 0.2) is 54.6 Å². The molecule has 0 radical (unpaired) electrons. The van der Waals surface area contributed by atoms with Gasteiger partial charge in [0.2, 0.25) is 0 Å². The minimum absolute atomic E-state index is 0.251. The fourth-order valence-corrected chi connectivity index (χ4v) is 4.99. The summed E-state index contributed by atoms with van der Waals surface area (Å²) in [6.45, 7) is 2.70. The third-order valence-corrected chi connectivity index (χ3v) is 6.93. The highest BCUT2D eigenvalue weighted by Crippen LogP contribution is 2.34. The van der Waals surface area contributed by atoms with Crippen LogP contribution in [0.1, 0.15) is 78.8 Å². The van der Waals surface area contributed by atoms with Gasteiger partial charge in [-0.25, -0.2) is 0 Å². The van der Waals surface area contributed by atoms with Crippen molar-refractivity contribution in [2.45, 2.75) is 62.9 Å². The summed E-state index contributed by atoms with van der Waals surface area (Å²) in [6.07, 6.45) is 8.26. The Morgan fingerprint density at radius 3 is 2.28 bits per heavy atom. The van der Waals surface area contributed by atoms with Crippen LogP contribution in [0.5, 0.6) is 0 Å². The van der Waals surface area contributed by atoms with E-state index in [1.807, 2.05) is 42.5 Å². The first-order valence-electron chi connectivity index (χ1n) is 11.3. The molecular weight excluding hydrogens is 358 g/mol. The summed E-state index contributed by atoms with van der Waals surface area (Å²) < 4.78 is 0. The molecule has 1 heterocycles. The maximum atomic E-state index is 12.5. The van der Waals surface area contributed by atoms with Crippen molar-refractivity contribution < 1.29 is 9.90 Å². The molecule has 1 saturated heterocycles. The van der Waals surface area contributed by atoms with Crippen LogP contribution in [0, 0.1) is 0 Å². The standard InChI is InChI=1S/C26H33NO2/c28-25(23-14-12-22(13-15-23)21-7-4-5-8-21)11-6-18-27-19-16-26(29,17-20-27)24-9-2-1-3-10-24/h1-3,9-10,12-15,21,29H,4-8,11,16-20H2. The Morgan fingerprint density at radius 2 is 1.62 bits per heavy atom. The molecule has 29 heavy (non-hydrogen) atoms. The van der Waals surface area contributed by atoms with Gasteiger partial charge in [0.05, 0.1) is 5.60 Å². The molecule has 0 amide bonds. The van der Waals surface area contributed by atoms with Gasteiger partial charge in [0.15, 0.2) is 5.78 Å². The van der Waals surface area contributed by atoms with E-state index in [-0.39, 0.29) is 5.78 Å². The molecule has 0 atom stereocenters. The minimum atomic E-state index is -0.700. The van der Waals surface area contributed by atoms with Crippen molar-refractivity contribution in [3.05, 3.63) is 71.3 Å². The zero-order valence-electron chi connectivity index (χ0n) is 17.4. The van der Waals surface area contributed by atoms with Gasteiger partial charge in [-0.15, -0.1) is 0 Å². The molecule has 1 aliphatic heterocycles. The first-order valence-corrected chi connectivity index (χ1v) is 11.3. The van der Waals surface area contributed by atoms with Gasteiger partial charge in [0.1, 0.15) is 0 Å². The highest BCUT2D eigenvalue weighted by molar-refractivity contribution is 5.96. The van der Waals surface area contributed by atoms with Crippen LogP contribution in [0.2, 0.25) is 0 Å². The summed E-state index contributed by atoms with van der Waals surface area (Å²) in [4.78, 5) is 14.9. The molecule has 2 aromatic carbocycles. The molecule has 2 aliphatic rings. The molecule has 2 aromatic rings. The van der Waals surface area contributed by atoms with Crippen LogP contribution in [0.3, 0.4) is 0 Å². The number of hydrogen-bond donors (Lipinski definition) is 1. The molecular formula is C26H33NO2. The number of carbonyl (C=O) groups is 1. The van der Waals surface area contributed by atoms with Crippen molar-refractivity contribution in [2.75, 3.05) is 19.6 Å². The fourth-order valence-electron chi connectivity index (χ4n) is 4.99. The number of likely N-dealkylation sites (tertiary alicyclic amines) is 1. The number of rotatable bonds is 7. The summed E-state index contributed by atoms with van der Waals surface area (Å²) in [7, 11) is 0. The normalized spacial score (nSPS) is 20.0. The van der Waals surface area contributed by atoms with Gasteiger partial charge in [0.25, 0.3) is 0 Å². The predicted molar refractivity (Wildman–Crippen MR) is 117 cm³/mol. The van der Waals surface area contributed by atoms with Crippen molar-refractivity contribution in [1.29, 1.82) is 0 Å². The van der Waals surface area contributed by atoms with Crippen LogP contribution >= 0.6 is 0 Å². The van der Waals surface area contributed by atoms with E-state index in [4.69, 9.17) is 0 Å². The molecule has 2 fully saturated rings. The largest absolute Gasteiger partial charge is 0.385 e. The van der Waals surface area contributed by atoms with Gasteiger partial charge < -0.3 is 10.0 Å². The van der Waals surface area contributed by atoms with Gasteiger partial charge in [0, 0.05) is 25.1 Å². The van der Waals surface area contributed by atoms with Gasteiger partial charge in [-0.2, -0.15) is 0 Å². The monoisotopic (exact) mass is 391 g/mol. The number of carbonyl (C=O) groups excluding carboxylic acids is 1. The Balaban J connectivity index is 1.21. The highest BCUT2D eigenvalue weighted by Gasteiger charge is 2.33.